The van der Waals surface area contributed by atoms with Gasteiger partial charge in [-0.15, -0.1) is 11.8 Å². The lowest BCUT2D eigenvalue weighted by Gasteiger charge is -2.28. The van der Waals surface area contributed by atoms with E-state index >= 15 is 0 Å². The average Bonchev–Trinajstić information content (AvgIpc) is 2.35. The Morgan fingerprint density at radius 2 is 1.61 bits per heavy atom. The quantitative estimate of drug-likeness (QED) is 0.527. The maximum Gasteiger partial charge on any atom is 0.328 e. The largest absolute Gasteiger partial charge is 0.364 e. The first-order valence-electron chi connectivity index (χ1n) is 5.09. The molecule has 0 aliphatic carbocycles. The Morgan fingerprint density at radius 3 is 2.17 bits per heavy atom. The molecule has 7 heteroatoms. The smallest absolute Gasteiger partial charge is 0.328 e. The van der Waals surface area contributed by atoms with Gasteiger partial charge in [0.05, 0.1) is 0 Å². The Bertz CT molecular complexity index is 483. The molecule has 0 radical (unpaired) electrons. The number of rotatable bonds is 3. The summed E-state index contributed by atoms with van der Waals surface area (Å²) >= 11 is 0.750. The van der Waals surface area contributed by atoms with Crippen LogP contribution in [0.3, 0.4) is 0 Å². The van der Waals surface area contributed by atoms with E-state index in [1.54, 1.807) is 12.1 Å². The van der Waals surface area contributed by atoms with Gasteiger partial charge in [-0.25, -0.2) is 4.79 Å². The molecule has 4 amide bonds. The number of hydrogen-bond acceptors (Lipinski definition) is 5. The third-order valence-corrected chi connectivity index (χ3v) is 3.63. The fourth-order valence-electron chi connectivity index (χ4n) is 1.40. The van der Waals surface area contributed by atoms with E-state index in [1.807, 2.05) is 28.8 Å². The van der Waals surface area contributed by atoms with Gasteiger partial charge in [0.15, 0.2) is 0 Å². The summed E-state index contributed by atoms with van der Waals surface area (Å²) < 4.78 is 0. The van der Waals surface area contributed by atoms with E-state index in [1.165, 1.54) is 0 Å². The monoisotopic (exact) mass is 266 g/mol. The van der Waals surface area contributed by atoms with Crippen LogP contribution in [0.25, 0.3) is 0 Å². The first-order chi connectivity index (χ1) is 8.52. The maximum absolute atomic E-state index is 11.5. The molecule has 1 aliphatic rings. The Kier molecular flexibility index (Phi) is 3.35. The number of imide groups is 2. The summed E-state index contributed by atoms with van der Waals surface area (Å²) in [5.41, 5.74) is 0.855. The maximum atomic E-state index is 11.5. The highest BCUT2D eigenvalue weighted by Gasteiger charge is 2.49. The zero-order valence-corrected chi connectivity index (χ0v) is 9.99. The first-order valence-corrected chi connectivity index (χ1v) is 6.08. The van der Waals surface area contributed by atoms with Crippen LogP contribution in [-0.4, -0.2) is 27.9 Å². The average molecular weight is 266 g/mol. The molecule has 0 atom stereocenters. The Labute approximate surface area is 107 Å². The summed E-state index contributed by atoms with van der Waals surface area (Å²) in [4.78, 5) is 31.6. The van der Waals surface area contributed by atoms with E-state index in [0.29, 0.717) is 0 Å². The van der Waals surface area contributed by atoms with Crippen molar-refractivity contribution in [1.82, 2.24) is 10.6 Å². The lowest BCUT2D eigenvalue weighted by molar-refractivity contribution is -0.144. The second-order valence-corrected chi connectivity index (χ2v) is 4.82. The van der Waals surface area contributed by atoms with Gasteiger partial charge in [-0.3, -0.25) is 20.2 Å². The zero-order chi connectivity index (χ0) is 13.2. The predicted octanol–water partition coefficient (Wildman–Crippen LogP) is -0.0256. The van der Waals surface area contributed by atoms with Crippen LogP contribution in [0.2, 0.25) is 0 Å². The van der Waals surface area contributed by atoms with Crippen molar-refractivity contribution in [3.63, 3.8) is 0 Å². The molecule has 1 aliphatic heterocycles. The van der Waals surface area contributed by atoms with Crippen LogP contribution >= 0.6 is 11.8 Å². The van der Waals surface area contributed by atoms with Gasteiger partial charge in [0.25, 0.3) is 16.7 Å². The van der Waals surface area contributed by atoms with Crippen LogP contribution in [-0.2, 0) is 15.3 Å². The molecule has 1 heterocycles. The molecule has 1 fully saturated rings. The van der Waals surface area contributed by atoms with Crippen LogP contribution in [0.1, 0.15) is 5.56 Å². The number of barbiturate groups is 1. The number of benzene rings is 1. The topological polar surface area (TPSA) is 95.5 Å². The summed E-state index contributed by atoms with van der Waals surface area (Å²) in [5.74, 6) is -1.76. The van der Waals surface area contributed by atoms with Gasteiger partial charge in [0.1, 0.15) is 0 Å². The van der Waals surface area contributed by atoms with Crippen LogP contribution < -0.4 is 10.6 Å². The Hall–Kier alpha value is -1.86. The molecule has 0 spiro atoms. The molecular formula is C11H10N2O4S. The van der Waals surface area contributed by atoms with Crippen molar-refractivity contribution >= 4 is 29.6 Å². The molecular weight excluding hydrogens is 256 g/mol. The normalized spacial score (nSPS) is 18.2. The standard InChI is InChI=1S/C11H10N2O4S/c14-8-11(17,9(15)13-10(16)12-8)18-6-7-4-2-1-3-5-7/h1-5,17H,6H2,(H2,12,13,14,15,16). The van der Waals surface area contributed by atoms with E-state index < -0.39 is 22.8 Å². The van der Waals surface area contributed by atoms with E-state index in [2.05, 4.69) is 0 Å². The molecule has 0 saturated carbocycles. The molecule has 18 heavy (non-hydrogen) atoms. The minimum Gasteiger partial charge on any atom is -0.364 e. The first kappa shape index (κ1) is 12.6. The van der Waals surface area contributed by atoms with Gasteiger partial charge in [-0.05, 0) is 5.56 Å². The minimum absolute atomic E-state index is 0.270. The number of amides is 4. The van der Waals surface area contributed by atoms with Gasteiger partial charge in [0.2, 0.25) is 0 Å². The molecule has 0 unspecified atom stereocenters. The summed E-state index contributed by atoms with van der Waals surface area (Å²) in [6.45, 7) is 0. The number of carbonyl (C=O) groups excluding carboxylic acids is 3. The number of urea groups is 1. The Balaban J connectivity index is 2.09. The molecule has 1 aromatic carbocycles. The van der Waals surface area contributed by atoms with Crippen molar-refractivity contribution in [1.29, 1.82) is 0 Å². The van der Waals surface area contributed by atoms with E-state index in [9.17, 15) is 19.5 Å². The summed E-state index contributed by atoms with van der Waals surface area (Å²) in [7, 11) is 0. The highest BCUT2D eigenvalue weighted by molar-refractivity contribution is 8.01. The molecule has 2 rings (SSSR count). The van der Waals surface area contributed by atoms with Crippen molar-refractivity contribution in [3.05, 3.63) is 35.9 Å². The molecule has 6 nitrogen and oxygen atoms in total. The summed E-state index contributed by atoms with van der Waals surface area (Å²) in [6, 6.07) is 8.14. The molecule has 0 bridgehead atoms. The fraction of sp³-hybridized carbons (Fsp3) is 0.182. The van der Waals surface area contributed by atoms with Crippen LogP contribution in [0.15, 0.2) is 30.3 Å². The molecule has 1 saturated heterocycles. The predicted molar refractivity (Wildman–Crippen MR) is 64.4 cm³/mol. The van der Waals surface area contributed by atoms with Crippen molar-refractivity contribution in [3.8, 4) is 0 Å². The third-order valence-electron chi connectivity index (χ3n) is 2.36. The van der Waals surface area contributed by atoms with E-state index in [-0.39, 0.29) is 5.75 Å². The molecule has 1 aromatic rings. The second kappa shape index (κ2) is 4.79. The van der Waals surface area contributed by atoms with Gasteiger partial charge in [0, 0.05) is 5.75 Å². The SMILES string of the molecule is O=C1NC(=O)C(O)(SCc2ccccc2)C(=O)N1. The van der Waals surface area contributed by atoms with Crippen molar-refractivity contribution in [2.45, 2.75) is 10.7 Å². The highest BCUT2D eigenvalue weighted by Crippen LogP contribution is 2.28. The molecule has 94 valence electrons. The van der Waals surface area contributed by atoms with Crippen molar-refractivity contribution < 1.29 is 19.5 Å². The van der Waals surface area contributed by atoms with E-state index in [0.717, 1.165) is 17.3 Å². The molecule has 0 aromatic heterocycles. The van der Waals surface area contributed by atoms with Gasteiger partial charge < -0.3 is 5.11 Å². The number of hydrogen-bond donors (Lipinski definition) is 3. The van der Waals surface area contributed by atoms with E-state index in [4.69, 9.17) is 0 Å². The van der Waals surface area contributed by atoms with Crippen molar-refractivity contribution in [2.75, 3.05) is 0 Å². The zero-order valence-electron chi connectivity index (χ0n) is 9.17. The van der Waals surface area contributed by atoms with Crippen LogP contribution in [0, 0.1) is 0 Å². The fourth-order valence-corrected chi connectivity index (χ4v) is 2.34. The van der Waals surface area contributed by atoms with Gasteiger partial charge in [-0.1, -0.05) is 30.3 Å². The third kappa shape index (κ3) is 2.36. The second-order valence-electron chi connectivity index (χ2n) is 3.66. The lowest BCUT2D eigenvalue weighted by atomic mass is 10.2. The minimum atomic E-state index is -2.27. The summed E-state index contributed by atoms with van der Waals surface area (Å²) in [6.07, 6.45) is 0. The number of aliphatic hydroxyl groups is 1. The number of nitrogens with one attached hydrogen (secondary N) is 2. The lowest BCUT2D eigenvalue weighted by Crippen LogP contribution is -2.65. The number of thioether (sulfide) groups is 1. The van der Waals surface area contributed by atoms with Crippen LogP contribution in [0.5, 0.6) is 0 Å². The van der Waals surface area contributed by atoms with Crippen LogP contribution in [0.4, 0.5) is 4.79 Å². The summed E-state index contributed by atoms with van der Waals surface area (Å²) in [5, 5.41) is 13.7. The highest BCUT2D eigenvalue weighted by atomic mass is 32.2. The van der Waals surface area contributed by atoms with Gasteiger partial charge >= 0.3 is 6.03 Å². The Morgan fingerprint density at radius 1 is 1.06 bits per heavy atom. The van der Waals surface area contributed by atoms with Gasteiger partial charge in [-0.2, -0.15) is 0 Å². The van der Waals surface area contributed by atoms with Crippen molar-refractivity contribution in [2.24, 2.45) is 0 Å². The molecule has 3 N–H and O–H groups in total. The number of carbonyl (C=O) groups is 3.